The zero-order chi connectivity index (χ0) is 34.5. The van der Waals surface area contributed by atoms with Gasteiger partial charge in [0.1, 0.15) is 13.2 Å². The van der Waals surface area contributed by atoms with Crippen molar-refractivity contribution in [1.82, 2.24) is 0 Å². The zero-order valence-corrected chi connectivity index (χ0v) is 31.0. The zero-order valence-electron chi connectivity index (χ0n) is 31.0. The maximum Gasteiger partial charge on any atom is 0.306 e. The van der Waals surface area contributed by atoms with E-state index in [0.717, 1.165) is 51.4 Å². The van der Waals surface area contributed by atoms with Crippen molar-refractivity contribution < 1.29 is 28.6 Å². The van der Waals surface area contributed by atoms with Crippen molar-refractivity contribution in [3.8, 4) is 0 Å². The van der Waals surface area contributed by atoms with E-state index in [1.54, 1.807) is 0 Å². The van der Waals surface area contributed by atoms with Crippen molar-refractivity contribution in [2.24, 2.45) is 0 Å². The molecule has 0 amide bonds. The van der Waals surface area contributed by atoms with Crippen molar-refractivity contribution >= 4 is 17.9 Å². The molecule has 0 spiro atoms. The highest BCUT2D eigenvalue weighted by molar-refractivity contribution is 5.71. The van der Waals surface area contributed by atoms with Crippen LogP contribution in [-0.2, 0) is 28.6 Å². The number of ether oxygens (including phenoxy) is 3. The van der Waals surface area contributed by atoms with Gasteiger partial charge in [0.2, 0.25) is 0 Å². The number of carbonyl (C=O) groups is 3. The van der Waals surface area contributed by atoms with E-state index < -0.39 is 6.10 Å². The fourth-order valence-corrected chi connectivity index (χ4v) is 5.39. The summed E-state index contributed by atoms with van der Waals surface area (Å²) < 4.78 is 16.5. The van der Waals surface area contributed by atoms with Crippen LogP contribution in [0.5, 0.6) is 0 Å². The second-order valence-corrected chi connectivity index (χ2v) is 13.2. The van der Waals surface area contributed by atoms with Crippen molar-refractivity contribution in [2.75, 3.05) is 13.2 Å². The molecule has 0 heterocycles. The van der Waals surface area contributed by atoms with E-state index in [4.69, 9.17) is 14.2 Å². The SMILES string of the molecule is CCCCCC/C=C\CCCC(=O)OCC(COC(=O)CCCCCCCCCCCCC)OC(=O)CCC/C=C\CCCCCC. The number of allylic oxidation sites excluding steroid dienone is 4. The van der Waals surface area contributed by atoms with Crippen LogP contribution in [0.25, 0.3) is 0 Å². The third kappa shape index (κ3) is 35.0. The van der Waals surface area contributed by atoms with E-state index in [2.05, 4.69) is 45.1 Å². The Bertz CT molecular complexity index is 774. The summed E-state index contributed by atoms with van der Waals surface area (Å²) in [5, 5.41) is 0. The van der Waals surface area contributed by atoms with Crippen LogP contribution < -0.4 is 0 Å². The van der Waals surface area contributed by atoms with E-state index >= 15 is 0 Å². The summed E-state index contributed by atoms with van der Waals surface area (Å²) >= 11 is 0. The predicted octanol–water partition coefficient (Wildman–Crippen LogP) is 12.1. The lowest BCUT2D eigenvalue weighted by atomic mass is 10.1. The molecular weight excluding hydrogens is 588 g/mol. The Labute approximate surface area is 290 Å². The van der Waals surface area contributed by atoms with Crippen molar-refractivity contribution in [1.29, 1.82) is 0 Å². The first-order valence-corrected chi connectivity index (χ1v) is 19.8. The normalized spacial score (nSPS) is 12.1. The van der Waals surface area contributed by atoms with Gasteiger partial charge in [0.15, 0.2) is 6.10 Å². The van der Waals surface area contributed by atoms with E-state index in [0.29, 0.717) is 19.3 Å². The van der Waals surface area contributed by atoms with Gasteiger partial charge >= 0.3 is 17.9 Å². The number of esters is 3. The molecule has 0 radical (unpaired) electrons. The third-order valence-electron chi connectivity index (χ3n) is 8.43. The van der Waals surface area contributed by atoms with Crippen LogP contribution in [-0.4, -0.2) is 37.2 Å². The second kappa shape index (κ2) is 36.7. The Morgan fingerprint density at radius 2 is 0.723 bits per heavy atom. The van der Waals surface area contributed by atoms with Crippen LogP contribution in [0.15, 0.2) is 24.3 Å². The molecule has 0 aliphatic heterocycles. The second-order valence-electron chi connectivity index (χ2n) is 13.2. The molecule has 0 aliphatic carbocycles. The molecule has 0 N–H and O–H groups in total. The smallest absolute Gasteiger partial charge is 0.306 e. The molecule has 0 aromatic carbocycles. The summed E-state index contributed by atoms with van der Waals surface area (Å²) in [6.07, 6.45) is 37.5. The van der Waals surface area contributed by atoms with Gasteiger partial charge in [-0.2, -0.15) is 0 Å². The standard InChI is InChI=1S/C41H74O6/c1-4-7-10-13-16-19-20-23-25-28-31-34-40(43)46-37-38(47-41(44)35-32-29-26-22-18-15-12-9-6-3)36-45-39(42)33-30-27-24-21-17-14-11-8-5-2/h21-22,24,26,38H,4-20,23,25,27-37H2,1-3H3/b24-21-,26-22-. The number of hydrogen-bond acceptors (Lipinski definition) is 6. The Hall–Kier alpha value is -2.11. The molecule has 0 rings (SSSR count). The van der Waals surface area contributed by atoms with Crippen LogP contribution in [0.1, 0.15) is 201 Å². The van der Waals surface area contributed by atoms with Gasteiger partial charge in [-0.05, 0) is 57.8 Å². The fourth-order valence-electron chi connectivity index (χ4n) is 5.39. The highest BCUT2D eigenvalue weighted by Gasteiger charge is 2.19. The summed E-state index contributed by atoms with van der Waals surface area (Å²) in [5.74, 6) is -0.967. The van der Waals surface area contributed by atoms with E-state index in [9.17, 15) is 14.4 Å². The maximum atomic E-state index is 12.6. The molecule has 6 heteroatoms. The lowest BCUT2D eigenvalue weighted by Gasteiger charge is -2.18. The first-order chi connectivity index (χ1) is 23.0. The van der Waals surface area contributed by atoms with E-state index in [1.807, 2.05) is 0 Å². The molecule has 47 heavy (non-hydrogen) atoms. The minimum Gasteiger partial charge on any atom is -0.462 e. The molecule has 274 valence electrons. The van der Waals surface area contributed by atoms with Crippen molar-refractivity contribution in [3.63, 3.8) is 0 Å². The first-order valence-electron chi connectivity index (χ1n) is 19.8. The van der Waals surface area contributed by atoms with Crippen LogP contribution in [0.3, 0.4) is 0 Å². The average molecular weight is 663 g/mol. The van der Waals surface area contributed by atoms with Crippen LogP contribution >= 0.6 is 0 Å². The van der Waals surface area contributed by atoms with Gasteiger partial charge < -0.3 is 14.2 Å². The Balaban J connectivity index is 4.42. The van der Waals surface area contributed by atoms with Gasteiger partial charge in [-0.15, -0.1) is 0 Å². The van der Waals surface area contributed by atoms with E-state index in [1.165, 1.54) is 103 Å². The summed E-state index contributed by atoms with van der Waals surface area (Å²) in [5.41, 5.74) is 0. The minimum atomic E-state index is -0.787. The minimum absolute atomic E-state index is 0.0890. The molecular formula is C41H74O6. The average Bonchev–Trinajstić information content (AvgIpc) is 3.06. The van der Waals surface area contributed by atoms with Crippen LogP contribution in [0.4, 0.5) is 0 Å². The number of rotatable bonds is 35. The van der Waals surface area contributed by atoms with Gasteiger partial charge in [0.25, 0.3) is 0 Å². The van der Waals surface area contributed by atoms with Crippen molar-refractivity contribution in [2.45, 2.75) is 207 Å². The van der Waals surface area contributed by atoms with Gasteiger partial charge in [-0.3, -0.25) is 14.4 Å². The van der Waals surface area contributed by atoms with Gasteiger partial charge in [-0.25, -0.2) is 0 Å². The molecule has 0 aromatic heterocycles. The summed E-state index contributed by atoms with van der Waals surface area (Å²) in [6.45, 7) is 6.49. The molecule has 0 aromatic rings. The number of carbonyl (C=O) groups excluding carboxylic acids is 3. The quantitative estimate of drug-likeness (QED) is 0.0291. The molecule has 1 unspecified atom stereocenters. The molecule has 0 saturated carbocycles. The summed E-state index contributed by atoms with van der Waals surface area (Å²) in [4.78, 5) is 37.3. The highest BCUT2D eigenvalue weighted by Crippen LogP contribution is 2.13. The molecule has 0 aliphatic rings. The lowest BCUT2D eigenvalue weighted by molar-refractivity contribution is -0.167. The Morgan fingerprint density at radius 3 is 1.15 bits per heavy atom. The topological polar surface area (TPSA) is 78.9 Å². The van der Waals surface area contributed by atoms with Crippen molar-refractivity contribution in [3.05, 3.63) is 24.3 Å². The van der Waals surface area contributed by atoms with E-state index in [-0.39, 0.29) is 37.5 Å². The molecule has 0 bridgehead atoms. The van der Waals surface area contributed by atoms with Crippen LogP contribution in [0.2, 0.25) is 0 Å². The fraction of sp³-hybridized carbons (Fsp3) is 0.829. The molecule has 6 nitrogen and oxygen atoms in total. The number of hydrogen-bond donors (Lipinski definition) is 0. The molecule has 0 saturated heterocycles. The first kappa shape index (κ1) is 44.9. The number of unbranched alkanes of at least 4 members (excludes halogenated alkanes) is 20. The maximum absolute atomic E-state index is 12.6. The van der Waals surface area contributed by atoms with Gasteiger partial charge in [-0.1, -0.05) is 148 Å². The Morgan fingerprint density at radius 1 is 0.404 bits per heavy atom. The summed E-state index contributed by atoms with van der Waals surface area (Å²) in [7, 11) is 0. The van der Waals surface area contributed by atoms with Gasteiger partial charge in [0, 0.05) is 19.3 Å². The monoisotopic (exact) mass is 663 g/mol. The predicted molar refractivity (Wildman–Crippen MR) is 196 cm³/mol. The third-order valence-corrected chi connectivity index (χ3v) is 8.43. The molecule has 0 fully saturated rings. The highest BCUT2D eigenvalue weighted by atomic mass is 16.6. The van der Waals surface area contributed by atoms with Gasteiger partial charge in [0.05, 0.1) is 0 Å². The van der Waals surface area contributed by atoms with Crippen LogP contribution in [0, 0.1) is 0 Å². The summed E-state index contributed by atoms with van der Waals surface area (Å²) in [6, 6.07) is 0. The largest absolute Gasteiger partial charge is 0.462 e. The lowest BCUT2D eigenvalue weighted by Crippen LogP contribution is -2.30. The molecule has 1 atom stereocenters. The Kier molecular flexibility index (Phi) is 35.1.